The molecule has 2 aromatic carbocycles. The molecule has 0 bridgehead atoms. The maximum atomic E-state index is 12.9. The number of non-ortho nitro benzene ring substituents is 1. The predicted molar refractivity (Wildman–Crippen MR) is 106 cm³/mol. The molecule has 0 aromatic heterocycles. The van der Waals surface area contributed by atoms with Gasteiger partial charge in [0.05, 0.1) is 21.9 Å². The quantitative estimate of drug-likeness (QED) is 0.566. The third-order valence-electron chi connectivity index (χ3n) is 4.51. The van der Waals surface area contributed by atoms with E-state index in [0.29, 0.717) is 11.3 Å². The molecule has 7 heteroatoms. The van der Waals surface area contributed by atoms with Crippen molar-refractivity contribution >= 4 is 38.9 Å². The van der Waals surface area contributed by atoms with Gasteiger partial charge in [0.25, 0.3) is 11.6 Å². The van der Waals surface area contributed by atoms with E-state index < -0.39 is 4.92 Å². The van der Waals surface area contributed by atoms with Crippen LogP contribution < -0.4 is 10.2 Å². The number of hydrogen-bond donors (Lipinski definition) is 1. The van der Waals surface area contributed by atoms with Crippen molar-refractivity contribution in [3.63, 3.8) is 0 Å². The Morgan fingerprint density at radius 3 is 2.54 bits per heavy atom. The molecule has 1 fully saturated rings. The SMILES string of the molecule is Cc1ccc(NC(=O)c2cc([N+](=O)[O-])ccc2N2CCCCC2)c(Br)c1. The van der Waals surface area contributed by atoms with Gasteiger partial charge >= 0.3 is 0 Å². The van der Waals surface area contributed by atoms with Gasteiger partial charge in [-0.1, -0.05) is 6.07 Å². The Balaban J connectivity index is 1.95. The third-order valence-corrected chi connectivity index (χ3v) is 5.16. The molecule has 0 saturated carbocycles. The van der Waals surface area contributed by atoms with Crippen molar-refractivity contribution in [3.8, 4) is 0 Å². The van der Waals surface area contributed by atoms with Crippen LogP contribution in [0.25, 0.3) is 0 Å². The summed E-state index contributed by atoms with van der Waals surface area (Å²) in [6.07, 6.45) is 3.28. The normalized spacial score (nSPS) is 14.2. The van der Waals surface area contributed by atoms with Crippen molar-refractivity contribution in [2.75, 3.05) is 23.3 Å². The molecule has 0 radical (unpaired) electrons. The predicted octanol–water partition coefficient (Wildman–Crippen LogP) is 4.91. The van der Waals surface area contributed by atoms with Crippen LogP contribution in [0, 0.1) is 17.0 Å². The maximum Gasteiger partial charge on any atom is 0.270 e. The molecule has 3 rings (SSSR count). The van der Waals surface area contributed by atoms with Crippen LogP contribution in [0.2, 0.25) is 0 Å². The smallest absolute Gasteiger partial charge is 0.270 e. The van der Waals surface area contributed by atoms with Crippen LogP contribution in [0.4, 0.5) is 17.1 Å². The fourth-order valence-corrected chi connectivity index (χ4v) is 3.73. The second-order valence-corrected chi connectivity index (χ2v) is 7.30. The fraction of sp³-hybridized carbons (Fsp3) is 0.316. The number of nitro groups is 1. The van der Waals surface area contributed by atoms with Gasteiger partial charge in [-0.3, -0.25) is 14.9 Å². The molecule has 0 spiro atoms. The Bertz CT molecular complexity index is 848. The number of hydrogen-bond acceptors (Lipinski definition) is 4. The zero-order valence-electron chi connectivity index (χ0n) is 14.5. The fourth-order valence-electron chi connectivity index (χ4n) is 3.14. The number of carbonyl (C=O) groups excluding carboxylic acids is 1. The van der Waals surface area contributed by atoms with Gasteiger partial charge in [0, 0.05) is 29.7 Å². The standard InChI is InChI=1S/C19H20BrN3O3/c1-13-5-7-17(16(20)11-13)21-19(24)15-12-14(23(25)26)6-8-18(15)22-9-3-2-4-10-22/h5-8,11-12H,2-4,9-10H2,1H3,(H,21,24). The second kappa shape index (κ2) is 7.86. The minimum Gasteiger partial charge on any atom is -0.371 e. The number of nitrogens with zero attached hydrogens (tertiary/aromatic N) is 2. The molecule has 1 saturated heterocycles. The van der Waals surface area contributed by atoms with E-state index in [2.05, 4.69) is 26.1 Å². The highest BCUT2D eigenvalue weighted by molar-refractivity contribution is 9.10. The number of benzene rings is 2. The molecule has 26 heavy (non-hydrogen) atoms. The lowest BCUT2D eigenvalue weighted by Crippen LogP contribution is -2.31. The van der Waals surface area contributed by atoms with Crippen LogP contribution in [0.15, 0.2) is 40.9 Å². The van der Waals surface area contributed by atoms with Crippen LogP contribution in [0.3, 0.4) is 0 Å². The zero-order valence-corrected chi connectivity index (χ0v) is 16.1. The van der Waals surface area contributed by atoms with Crippen molar-refractivity contribution in [3.05, 3.63) is 62.1 Å². The summed E-state index contributed by atoms with van der Waals surface area (Å²) in [4.78, 5) is 25.7. The van der Waals surface area contributed by atoms with Crippen LogP contribution >= 0.6 is 15.9 Å². The molecule has 0 atom stereocenters. The largest absolute Gasteiger partial charge is 0.371 e. The number of carbonyl (C=O) groups is 1. The van der Waals surface area contributed by atoms with Crippen LogP contribution in [0.1, 0.15) is 35.2 Å². The lowest BCUT2D eigenvalue weighted by atomic mass is 10.1. The van der Waals surface area contributed by atoms with Crippen molar-refractivity contribution in [2.24, 2.45) is 0 Å². The highest BCUT2D eigenvalue weighted by Crippen LogP contribution is 2.30. The van der Waals surface area contributed by atoms with E-state index in [4.69, 9.17) is 0 Å². The molecule has 1 N–H and O–H groups in total. The third kappa shape index (κ3) is 4.04. The number of aryl methyl sites for hydroxylation is 1. The molecular weight excluding hydrogens is 398 g/mol. The number of nitrogens with one attached hydrogen (secondary N) is 1. The molecule has 2 aromatic rings. The Morgan fingerprint density at radius 1 is 1.15 bits per heavy atom. The topological polar surface area (TPSA) is 75.5 Å². The molecule has 136 valence electrons. The van der Waals surface area contributed by atoms with Gasteiger partial charge in [-0.2, -0.15) is 0 Å². The lowest BCUT2D eigenvalue weighted by molar-refractivity contribution is -0.384. The minimum atomic E-state index is -0.474. The van der Waals surface area contributed by atoms with Crippen molar-refractivity contribution < 1.29 is 9.72 Å². The van der Waals surface area contributed by atoms with Gasteiger partial charge in [-0.15, -0.1) is 0 Å². The Morgan fingerprint density at radius 2 is 1.88 bits per heavy atom. The van der Waals surface area contributed by atoms with Gasteiger partial charge in [-0.05, 0) is 65.9 Å². The first-order valence-corrected chi connectivity index (χ1v) is 9.36. The van der Waals surface area contributed by atoms with E-state index in [9.17, 15) is 14.9 Å². The number of rotatable bonds is 4. The van der Waals surface area contributed by atoms with E-state index in [1.165, 1.54) is 18.6 Å². The van der Waals surface area contributed by atoms with Crippen LogP contribution in [0.5, 0.6) is 0 Å². The summed E-state index contributed by atoms with van der Waals surface area (Å²) in [6.45, 7) is 3.67. The maximum absolute atomic E-state index is 12.9. The van der Waals surface area contributed by atoms with Crippen molar-refractivity contribution in [1.82, 2.24) is 0 Å². The molecule has 1 aliphatic rings. The number of amides is 1. The summed E-state index contributed by atoms with van der Waals surface area (Å²) in [5, 5.41) is 14.0. The van der Waals surface area contributed by atoms with Crippen molar-refractivity contribution in [1.29, 1.82) is 0 Å². The minimum absolute atomic E-state index is 0.0844. The summed E-state index contributed by atoms with van der Waals surface area (Å²) < 4.78 is 0.774. The van der Waals surface area contributed by atoms with E-state index in [0.717, 1.165) is 41.7 Å². The lowest BCUT2D eigenvalue weighted by Gasteiger charge is -2.30. The first-order chi connectivity index (χ1) is 12.5. The van der Waals surface area contributed by atoms with Crippen molar-refractivity contribution in [2.45, 2.75) is 26.2 Å². The summed E-state index contributed by atoms with van der Waals surface area (Å²) >= 11 is 3.45. The molecule has 1 amide bonds. The number of nitro benzene ring substituents is 1. The Labute approximate surface area is 160 Å². The highest BCUT2D eigenvalue weighted by atomic mass is 79.9. The van der Waals surface area contributed by atoms with Crippen LogP contribution in [-0.2, 0) is 0 Å². The van der Waals surface area contributed by atoms with Gasteiger partial charge in [-0.25, -0.2) is 0 Å². The first-order valence-electron chi connectivity index (χ1n) is 8.56. The van der Waals surface area contributed by atoms with Crippen LogP contribution in [-0.4, -0.2) is 23.9 Å². The summed E-state index contributed by atoms with van der Waals surface area (Å²) in [5.74, 6) is -0.348. The average Bonchev–Trinajstić information content (AvgIpc) is 2.64. The average molecular weight is 418 g/mol. The molecule has 0 aliphatic carbocycles. The molecule has 0 unspecified atom stereocenters. The van der Waals surface area contributed by atoms with Gasteiger partial charge < -0.3 is 10.2 Å². The number of anilines is 2. The first kappa shape index (κ1) is 18.4. The Hall–Kier alpha value is -2.41. The van der Waals surface area contributed by atoms with E-state index in [-0.39, 0.29) is 11.6 Å². The monoisotopic (exact) mass is 417 g/mol. The summed E-state index contributed by atoms with van der Waals surface area (Å²) in [5.41, 5.74) is 2.69. The number of halogens is 1. The Kier molecular flexibility index (Phi) is 5.56. The van der Waals surface area contributed by atoms with Gasteiger partial charge in [0.1, 0.15) is 0 Å². The highest BCUT2D eigenvalue weighted by Gasteiger charge is 2.22. The summed E-state index contributed by atoms with van der Waals surface area (Å²) in [7, 11) is 0. The van der Waals surface area contributed by atoms with E-state index in [1.54, 1.807) is 6.07 Å². The van der Waals surface area contributed by atoms with Gasteiger partial charge in [0.2, 0.25) is 0 Å². The molecule has 1 heterocycles. The summed E-state index contributed by atoms with van der Waals surface area (Å²) in [6, 6.07) is 10.1. The molecule has 1 aliphatic heterocycles. The van der Waals surface area contributed by atoms with E-state index in [1.807, 2.05) is 25.1 Å². The second-order valence-electron chi connectivity index (χ2n) is 6.44. The van der Waals surface area contributed by atoms with E-state index >= 15 is 0 Å². The zero-order chi connectivity index (χ0) is 18.7. The molecular formula is C19H20BrN3O3. The van der Waals surface area contributed by atoms with Gasteiger partial charge in [0.15, 0.2) is 0 Å². The number of piperidine rings is 1. The molecule has 6 nitrogen and oxygen atoms in total.